The van der Waals surface area contributed by atoms with Crippen molar-refractivity contribution in [2.45, 2.75) is 27.3 Å². The summed E-state index contributed by atoms with van der Waals surface area (Å²) in [5, 5.41) is 5.01. The monoisotopic (exact) mass is 310 g/mol. The Morgan fingerprint density at radius 3 is 2.60 bits per heavy atom. The molecule has 0 aliphatic rings. The van der Waals surface area contributed by atoms with Gasteiger partial charge in [0.15, 0.2) is 0 Å². The van der Waals surface area contributed by atoms with Crippen molar-refractivity contribution in [1.82, 2.24) is 4.57 Å². The fraction of sp³-hybridized carbons (Fsp3) is 0.286. The van der Waals surface area contributed by atoms with Crippen LogP contribution in [0, 0.1) is 20.8 Å². The minimum Gasteiger partial charge on any atom is -0.323 e. The predicted octanol–water partition coefficient (Wildman–Crippen LogP) is 3.13. The van der Waals surface area contributed by atoms with E-state index in [1.165, 1.54) is 4.57 Å². The molecular weight excluding hydrogens is 296 g/mol. The Balaban J connectivity index is 2.19. The van der Waals surface area contributed by atoms with Crippen LogP contribution in [0.15, 0.2) is 22.3 Å². The molecule has 0 atom stereocenters. The summed E-state index contributed by atoms with van der Waals surface area (Å²) in [7, 11) is 0. The molecule has 1 amide bonds. The van der Waals surface area contributed by atoms with Crippen LogP contribution in [0.3, 0.4) is 0 Å². The maximum absolute atomic E-state index is 12.0. The lowest BCUT2D eigenvalue weighted by atomic mass is 10.1. The summed E-state index contributed by atoms with van der Waals surface area (Å²) in [5.41, 5.74) is 3.32. The third-order valence-corrected chi connectivity index (χ3v) is 4.15. The van der Waals surface area contributed by atoms with E-state index in [4.69, 9.17) is 11.6 Å². The number of hydrogen-bond donors (Lipinski definition) is 1. The van der Waals surface area contributed by atoms with E-state index in [1.807, 2.05) is 19.9 Å². The molecule has 0 aliphatic heterocycles. The van der Waals surface area contributed by atoms with Gasteiger partial charge in [0.2, 0.25) is 5.91 Å². The van der Waals surface area contributed by atoms with Crippen LogP contribution >= 0.6 is 22.9 Å². The Morgan fingerprint density at radius 2 is 2.05 bits per heavy atom. The van der Waals surface area contributed by atoms with Gasteiger partial charge in [-0.15, -0.1) is 0 Å². The van der Waals surface area contributed by atoms with Crippen molar-refractivity contribution in [2.24, 2.45) is 0 Å². The summed E-state index contributed by atoms with van der Waals surface area (Å²) >= 11 is 7.23. The quantitative estimate of drug-likeness (QED) is 0.947. The van der Waals surface area contributed by atoms with Gasteiger partial charge in [0.1, 0.15) is 6.54 Å². The highest BCUT2D eigenvalue weighted by Crippen LogP contribution is 2.27. The molecule has 0 aliphatic carbocycles. The van der Waals surface area contributed by atoms with E-state index in [2.05, 4.69) is 5.32 Å². The van der Waals surface area contributed by atoms with Gasteiger partial charge in [-0.1, -0.05) is 29.0 Å². The van der Waals surface area contributed by atoms with Crippen LogP contribution < -0.4 is 10.2 Å². The van der Waals surface area contributed by atoms with Crippen LogP contribution in [0.1, 0.15) is 16.8 Å². The zero-order chi connectivity index (χ0) is 14.9. The number of carbonyl (C=O) groups is 1. The molecule has 0 saturated carbocycles. The van der Waals surface area contributed by atoms with E-state index in [-0.39, 0.29) is 17.3 Å². The lowest BCUT2D eigenvalue weighted by Gasteiger charge is -2.12. The van der Waals surface area contributed by atoms with Crippen molar-refractivity contribution in [1.29, 1.82) is 0 Å². The second-order valence-corrected chi connectivity index (χ2v) is 5.94. The number of amides is 1. The van der Waals surface area contributed by atoms with Gasteiger partial charge in [0.05, 0.1) is 10.7 Å². The maximum Gasteiger partial charge on any atom is 0.307 e. The first kappa shape index (κ1) is 14.8. The van der Waals surface area contributed by atoms with Crippen LogP contribution in [0.2, 0.25) is 5.02 Å². The summed E-state index contributed by atoms with van der Waals surface area (Å²) in [4.78, 5) is 23.5. The predicted molar refractivity (Wildman–Crippen MR) is 82.9 cm³/mol. The van der Waals surface area contributed by atoms with Crippen molar-refractivity contribution in [3.05, 3.63) is 49.0 Å². The highest BCUT2D eigenvalue weighted by Gasteiger charge is 2.12. The molecule has 2 aromatic rings. The topological polar surface area (TPSA) is 51.1 Å². The molecule has 0 spiro atoms. The molecule has 1 aromatic heterocycles. The summed E-state index contributed by atoms with van der Waals surface area (Å²) in [6.07, 6.45) is 0. The zero-order valence-corrected chi connectivity index (χ0v) is 13.1. The minimum atomic E-state index is -0.262. The molecule has 0 fully saturated rings. The number of aromatic nitrogens is 1. The van der Waals surface area contributed by atoms with Crippen LogP contribution in [-0.4, -0.2) is 10.5 Å². The number of carbonyl (C=O) groups excluding carboxylic acids is 1. The third kappa shape index (κ3) is 3.11. The van der Waals surface area contributed by atoms with E-state index in [1.54, 1.807) is 18.4 Å². The number of aryl methyl sites for hydroxylation is 3. The fourth-order valence-electron chi connectivity index (χ4n) is 1.99. The lowest BCUT2D eigenvalue weighted by molar-refractivity contribution is -0.116. The first-order chi connectivity index (χ1) is 9.38. The van der Waals surface area contributed by atoms with Crippen LogP contribution in [0.4, 0.5) is 5.69 Å². The summed E-state index contributed by atoms with van der Waals surface area (Å²) < 4.78 is 1.44. The average molecular weight is 311 g/mol. The Kier molecular flexibility index (Phi) is 4.30. The molecule has 1 aromatic carbocycles. The normalized spacial score (nSPS) is 10.6. The van der Waals surface area contributed by atoms with E-state index in [0.717, 1.165) is 28.2 Å². The molecule has 20 heavy (non-hydrogen) atoms. The molecule has 106 valence electrons. The Labute approximate surface area is 126 Å². The number of nitrogens with one attached hydrogen (secondary N) is 1. The number of thiazole rings is 1. The molecular formula is C14H15ClN2O2S. The van der Waals surface area contributed by atoms with Gasteiger partial charge in [-0.05, 0) is 38.0 Å². The number of anilines is 1. The largest absolute Gasteiger partial charge is 0.323 e. The van der Waals surface area contributed by atoms with Crippen LogP contribution in [0.5, 0.6) is 0 Å². The van der Waals surface area contributed by atoms with Gasteiger partial charge in [-0.25, -0.2) is 0 Å². The number of nitrogens with zero attached hydrogens (tertiary/aromatic N) is 1. The average Bonchev–Trinajstić information content (AvgIpc) is 2.65. The molecule has 2 rings (SSSR count). The van der Waals surface area contributed by atoms with E-state index < -0.39 is 0 Å². The highest BCUT2D eigenvalue weighted by molar-refractivity contribution is 7.07. The molecule has 0 unspecified atom stereocenters. The molecule has 0 radical (unpaired) electrons. The smallest absolute Gasteiger partial charge is 0.307 e. The zero-order valence-electron chi connectivity index (χ0n) is 11.5. The first-order valence-electron chi connectivity index (χ1n) is 6.10. The second kappa shape index (κ2) is 5.81. The first-order valence-corrected chi connectivity index (χ1v) is 7.36. The van der Waals surface area contributed by atoms with E-state index >= 15 is 0 Å². The van der Waals surface area contributed by atoms with Gasteiger partial charge in [-0.2, -0.15) is 0 Å². The van der Waals surface area contributed by atoms with Crippen LogP contribution in [0.25, 0.3) is 0 Å². The van der Waals surface area contributed by atoms with Gasteiger partial charge < -0.3 is 5.32 Å². The third-order valence-electron chi connectivity index (χ3n) is 2.97. The van der Waals surface area contributed by atoms with Crippen LogP contribution in [-0.2, 0) is 11.3 Å². The van der Waals surface area contributed by atoms with E-state index in [0.29, 0.717) is 10.7 Å². The van der Waals surface area contributed by atoms with Gasteiger partial charge in [0.25, 0.3) is 0 Å². The molecule has 0 saturated heterocycles. The Morgan fingerprint density at radius 1 is 1.35 bits per heavy atom. The van der Waals surface area contributed by atoms with Crippen molar-refractivity contribution in [3.63, 3.8) is 0 Å². The number of rotatable bonds is 3. The number of halogens is 1. The van der Waals surface area contributed by atoms with Gasteiger partial charge >= 0.3 is 4.87 Å². The Hall–Kier alpha value is -1.59. The van der Waals surface area contributed by atoms with Crippen molar-refractivity contribution in [2.75, 3.05) is 5.32 Å². The Bertz CT molecular complexity index is 695. The standard InChI is InChI=1S/C14H15ClN2O2S/c1-8-4-9(2)13(11(15)5-8)16-12(18)6-17-10(3)7-20-14(17)19/h4-5,7H,6H2,1-3H3,(H,16,18). The van der Waals surface area contributed by atoms with Gasteiger partial charge in [-0.3, -0.25) is 14.2 Å². The summed E-state index contributed by atoms with van der Waals surface area (Å²) in [6, 6.07) is 3.75. The summed E-state index contributed by atoms with van der Waals surface area (Å²) in [5.74, 6) is -0.262. The van der Waals surface area contributed by atoms with Gasteiger partial charge in [0, 0.05) is 11.1 Å². The fourth-order valence-corrected chi connectivity index (χ4v) is 3.10. The minimum absolute atomic E-state index is 0.00217. The maximum atomic E-state index is 12.0. The SMILES string of the molecule is Cc1cc(C)c(NC(=O)Cn2c(C)csc2=O)c(Cl)c1. The molecule has 1 N–H and O–H groups in total. The summed E-state index contributed by atoms with van der Waals surface area (Å²) in [6.45, 7) is 5.63. The van der Waals surface area contributed by atoms with Crippen molar-refractivity contribution in [3.8, 4) is 0 Å². The highest BCUT2D eigenvalue weighted by atomic mass is 35.5. The van der Waals surface area contributed by atoms with E-state index in [9.17, 15) is 9.59 Å². The van der Waals surface area contributed by atoms with Crippen molar-refractivity contribution >= 4 is 34.5 Å². The second-order valence-electron chi connectivity index (χ2n) is 4.72. The molecule has 4 nitrogen and oxygen atoms in total. The number of hydrogen-bond acceptors (Lipinski definition) is 3. The van der Waals surface area contributed by atoms with Crippen molar-refractivity contribution < 1.29 is 4.79 Å². The molecule has 6 heteroatoms. The molecule has 0 bridgehead atoms. The lowest BCUT2D eigenvalue weighted by Crippen LogP contribution is -2.25. The number of benzene rings is 1. The molecule has 1 heterocycles.